The third kappa shape index (κ3) is 14.2. The van der Waals surface area contributed by atoms with Crippen molar-refractivity contribution in [3.05, 3.63) is 89.0 Å². The number of rotatable bonds is 12. The number of nitrogens with one attached hydrogen (secondary N) is 2. The van der Waals surface area contributed by atoms with Gasteiger partial charge in [0.1, 0.15) is 41.3 Å². The number of anilines is 3. The first kappa shape index (κ1) is 45.9. The second-order valence-corrected chi connectivity index (χ2v) is 13.8. The number of nitrogens with two attached hydrogens (primary N) is 4. The maximum Gasteiger partial charge on any atom is 0.435 e. The SMILES string of the molecule is C[C@H](Nc1cc(C(N)=O)nc(N2CCC(O)CC2)n1)C(N)=O.C[C@H](Nc1cc(C(N)=O)nc([N+]2=CCC(Oc3ccc(C#N)cc3)CC2)n1)C(N)=O.N#Cc1ccc(F)cc1. The monoisotopic (exact) mass is 837 g/mol. The van der Waals surface area contributed by atoms with E-state index in [-0.39, 0.29) is 35.2 Å². The molecule has 1 unspecified atom stereocenters. The van der Waals surface area contributed by atoms with Crippen molar-refractivity contribution in [2.24, 2.45) is 22.9 Å². The van der Waals surface area contributed by atoms with Crippen LogP contribution in [0.25, 0.3) is 0 Å². The van der Waals surface area contributed by atoms with Crippen molar-refractivity contribution in [3.63, 3.8) is 0 Å². The highest BCUT2D eigenvalue weighted by Crippen LogP contribution is 2.22. The predicted octanol–water partition coefficient (Wildman–Crippen LogP) is 1.21. The van der Waals surface area contributed by atoms with Crippen molar-refractivity contribution in [2.45, 2.75) is 63.8 Å². The fourth-order valence-corrected chi connectivity index (χ4v) is 5.54. The zero-order valence-electron chi connectivity index (χ0n) is 33.4. The van der Waals surface area contributed by atoms with Gasteiger partial charge in [0.25, 0.3) is 11.8 Å². The number of nitriles is 2. The molecule has 4 heterocycles. The van der Waals surface area contributed by atoms with Gasteiger partial charge in [-0.25, -0.2) is 13.9 Å². The Labute approximate surface area is 350 Å². The molecule has 4 aromatic rings. The van der Waals surface area contributed by atoms with Crippen LogP contribution in [0.5, 0.6) is 5.75 Å². The Morgan fingerprint density at radius 1 is 0.803 bits per heavy atom. The van der Waals surface area contributed by atoms with Gasteiger partial charge in [0, 0.05) is 44.3 Å². The molecule has 4 amide bonds. The molecule has 2 aliphatic rings. The lowest BCUT2D eigenvalue weighted by molar-refractivity contribution is -0.452. The Bertz CT molecular complexity index is 2310. The van der Waals surface area contributed by atoms with E-state index in [2.05, 4.69) is 36.6 Å². The molecular weight excluding hydrogens is 792 g/mol. The summed E-state index contributed by atoms with van der Waals surface area (Å²) in [5, 5.41) is 32.3. The van der Waals surface area contributed by atoms with Gasteiger partial charge < -0.3 is 48.3 Å². The molecule has 1 saturated heterocycles. The molecule has 6 rings (SSSR count). The third-order valence-electron chi connectivity index (χ3n) is 9.06. The van der Waals surface area contributed by atoms with E-state index < -0.39 is 35.7 Å². The normalized spacial score (nSPS) is 15.6. The largest absolute Gasteiger partial charge is 0.490 e. The van der Waals surface area contributed by atoms with Gasteiger partial charge in [0.15, 0.2) is 0 Å². The number of aliphatic hydroxyl groups is 1. The number of nitrogens with zero attached hydrogens (tertiary/aromatic N) is 8. The van der Waals surface area contributed by atoms with Gasteiger partial charge in [0.2, 0.25) is 29.3 Å². The number of benzene rings is 2. The molecule has 2 aliphatic heterocycles. The molecule has 0 bridgehead atoms. The zero-order valence-corrected chi connectivity index (χ0v) is 33.4. The predicted molar refractivity (Wildman–Crippen MR) is 220 cm³/mol. The van der Waals surface area contributed by atoms with Crippen molar-refractivity contribution >= 4 is 53.4 Å². The van der Waals surface area contributed by atoms with Crippen LogP contribution in [-0.2, 0) is 9.59 Å². The van der Waals surface area contributed by atoms with Gasteiger partial charge in [-0.05, 0) is 75.2 Å². The Kier molecular flexibility index (Phi) is 16.4. The van der Waals surface area contributed by atoms with Crippen LogP contribution in [0.2, 0.25) is 0 Å². The third-order valence-corrected chi connectivity index (χ3v) is 9.06. The number of piperidine rings is 1. The van der Waals surface area contributed by atoms with E-state index in [1.807, 2.05) is 21.8 Å². The van der Waals surface area contributed by atoms with Crippen LogP contribution in [-0.4, -0.2) is 103 Å². The van der Waals surface area contributed by atoms with Gasteiger partial charge in [0.05, 0.1) is 35.9 Å². The minimum Gasteiger partial charge on any atom is -0.490 e. The zero-order chi connectivity index (χ0) is 44.6. The summed E-state index contributed by atoms with van der Waals surface area (Å²) in [5.74, 6) is -0.882. The molecule has 11 N–H and O–H groups in total. The summed E-state index contributed by atoms with van der Waals surface area (Å²) in [6, 6.07) is 17.7. The minimum absolute atomic E-state index is 0.0310. The van der Waals surface area contributed by atoms with Crippen LogP contribution in [0.15, 0.2) is 60.7 Å². The number of ether oxygens (including phenoxy) is 1. The molecule has 318 valence electrons. The number of primary amides is 4. The van der Waals surface area contributed by atoms with E-state index in [1.165, 1.54) is 36.4 Å². The molecule has 21 heteroatoms. The van der Waals surface area contributed by atoms with Crippen molar-refractivity contribution in [2.75, 3.05) is 35.2 Å². The van der Waals surface area contributed by atoms with E-state index in [0.29, 0.717) is 79.9 Å². The van der Waals surface area contributed by atoms with Gasteiger partial charge in [-0.2, -0.15) is 15.5 Å². The Hall–Kier alpha value is -7.78. The fraction of sp³-hybridized carbons (Fsp3) is 0.325. The van der Waals surface area contributed by atoms with Gasteiger partial charge in [-0.1, -0.05) is 9.97 Å². The van der Waals surface area contributed by atoms with Crippen LogP contribution >= 0.6 is 0 Å². The van der Waals surface area contributed by atoms with Crippen molar-refractivity contribution in [3.8, 4) is 17.9 Å². The standard InChI is InChI=1S/C20H21N7O3.C13H20N6O3.C7H4FN/c1-12(18(22)28)24-17-10-16(19(23)29)25-20(26-17)27-8-6-15(7-9-27)30-14-4-2-13(11-21)3-5-14;1-7(11(14)21)16-10-6-9(12(15)22)17-13(18-10)19-4-2-8(20)3-5-19;8-7-3-1-6(5-9)2-4-7/h2-5,8,10,12,15H,6-7,9H2,1H3,(H4-,22,23,24,25,26,28,29);6-8,20H,2-5H2,1H3,(H2,14,21)(H2,15,22)(H,16,17,18);1-4H/p+1/t12-,15?;7-;/m00./s1. The summed E-state index contributed by atoms with van der Waals surface area (Å²) in [5.41, 5.74) is 22.3. The summed E-state index contributed by atoms with van der Waals surface area (Å²) in [6.07, 6.45) is 4.02. The molecule has 0 saturated carbocycles. The first-order valence-electron chi connectivity index (χ1n) is 18.9. The van der Waals surface area contributed by atoms with Crippen LogP contribution in [0.1, 0.15) is 71.6 Å². The molecule has 20 nitrogen and oxygen atoms in total. The number of carbonyl (C=O) groups is 4. The first-order valence-corrected chi connectivity index (χ1v) is 18.9. The van der Waals surface area contributed by atoms with Gasteiger partial charge in [-0.15, -0.1) is 0 Å². The number of aromatic nitrogens is 4. The number of carbonyl (C=O) groups excluding carboxylic acids is 4. The topological polar surface area (TPSA) is 331 Å². The highest BCUT2D eigenvalue weighted by atomic mass is 19.1. The lowest BCUT2D eigenvalue weighted by Crippen LogP contribution is -2.38. The van der Waals surface area contributed by atoms with Crippen LogP contribution in [0, 0.1) is 28.5 Å². The molecule has 0 spiro atoms. The highest BCUT2D eigenvalue weighted by Gasteiger charge is 2.26. The number of hydrogen-bond acceptors (Lipinski definition) is 15. The number of halogens is 1. The minimum atomic E-state index is -0.701. The maximum absolute atomic E-state index is 12.1. The summed E-state index contributed by atoms with van der Waals surface area (Å²) in [4.78, 5) is 64.4. The molecule has 1 fully saturated rings. The number of amides is 4. The quantitative estimate of drug-likeness (QED) is 0.0986. The van der Waals surface area contributed by atoms with E-state index in [4.69, 9.17) is 38.2 Å². The molecular formula is C40H46FN14O6+. The van der Waals surface area contributed by atoms with E-state index in [1.54, 1.807) is 38.1 Å². The average Bonchev–Trinajstić information content (AvgIpc) is 3.25. The molecule has 0 radical (unpaired) electrons. The number of hydrogen-bond donors (Lipinski definition) is 7. The van der Waals surface area contributed by atoms with E-state index in [9.17, 15) is 28.7 Å². The summed E-state index contributed by atoms with van der Waals surface area (Å²) < 4.78 is 19.9. The Morgan fingerprint density at radius 3 is 1.79 bits per heavy atom. The summed E-state index contributed by atoms with van der Waals surface area (Å²) in [6.45, 7) is 4.90. The van der Waals surface area contributed by atoms with Gasteiger partial charge >= 0.3 is 5.95 Å². The molecule has 3 atom stereocenters. The van der Waals surface area contributed by atoms with Crippen molar-refractivity contribution in [1.29, 1.82) is 10.5 Å². The van der Waals surface area contributed by atoms with Gasteiger partial charge in [-0.3, -0.25) is 19.2 Å². The Balaban J connectivity index is 0.000000230. The van der Waals surface area contributed by atoms with E-state index in [0.717, 1.165) is 0 Å². The highest BCUT2D eigenvalue weighted by molar-refractivity contribution is 5.92. The smallest absolute Gasteiger partial charge is 0.435 e. The molecule has 0 aliphatic carbocycles. The molecule has 2 aromatic heterocycles. The second-order valence-electron chi connectivity index (χ2n) is 13.8. The van der Waals surface area contributed by atoms with Crippen molar-refractivity contribution in [1.82, 2.24) is 19.9 Å². The fourth-order valence-electron chi connectivity index (χ4n) is 5.54. The average molecular weight is 838 g/mol. The van der Waals surface area contributed by atoms with Crippen LogP contribution in [0.3, 0.4) is 0 Å². The first-order chi connectivity index (χ1) is 29.0. The summed E-state index contributed by atoms with van der Waals surface area (Å²) >= 11 is 0. The second kappa shape index (κ2) is 21.8. The lowest BCUT2D eigenvalue weighted by atomic mass is 10.1. The molecule has 2 aromatic carbocycles. The van der Waals surface area contributed by atoms with Crippen LogP contribution in [0.4, 0.5) is 27.9 Å². The van der Waals surface area contributed by atoms with E-state index >= 15 is 0 Å². The molecule has 61 heavy (non-hydrogen) atoms. The number of aliphatic hydroxyl groups excluding tert-OH is 1. The Morgan fingerprint density at radius 2 is 1.31 bits per heavy atom. The summed E-state index contributed by atoms with van der Waals surface area (Å²) in [7, 11) is 0. The maximum atomic E-state index is 12.1. The lowest BCUT2D eigenvalue weighted by Gasteiger charge is -2.30. The van der Waals surface area contributed by atoms with Crippen LogP contribution < -0.4 is 43.2 Å². The van der Waals surface area contributed by atoms with Crippen molar-refractivity contribution < 1.29 is 38.0 Å².